The molecular formula is C14H18ClF2NO3S. The van der Waals surface area contributed by atoms with Crippen LogP contribution >= 0.6 is 11.6 Å². The minimum atomic E-state index is -3.68. The van der Waals surface area contributed by atoms with Gasteiger partial charge in [0.15, 0.2) is 0 Å². The number of hydrogen-bond acceptors (Lipinski definition) is 3. The summed E-state index contributed by atoms with van der Waals surface area (Å²) >= 11 is 5.84. The molecule has 0 aromatic heterocycles. The number of hydrogen-bond donors (Lipinski definition) is 0. The van der Waals surface area contributed by atoms with Crippen molar-refractivity contribution in [2.75, 3.05) is 13.1 Å². The molecule has 124 valence electrons. The van der Waals surface area contributed by atoms with E-state index in [0.29, 0.717) is 25.4 Å². The fourth-order valence-corrected chi connectivity index (χ4v) is 4.05. The molecule has 0 spiro atoms. The Bertz CT molecular complexity index is 621. The summed E-state index contributed by atoms with van der Waals surface area (Å²) in [4.78, 5) is -0.00628. The number of rotatable bonds is 8. The van der Waals surface area contributed by atoms with E-state index in [1.807, 2.05) is 6.92 Å². The number of alkyl halides is 2. The number of ether oxygens (including phenoxy) is 1. The summed E-state index contributed by atoms with van der Waals surface area (Å²) in [6.45, 7) is -0.192. The molecule has 0 radical (unpaired) electrons. The van der Waals surface area contributed by atoms with E-state index in [1.54, 1.807) is 0 Å². The fourth-order valence-electron chi connectivity index (χ4n) is 2.13. The van der Waals surface area contributed by atoms with Crippen LogP contribution in [0.2, 0.25) is 5.02 Å². The van der Waals surface area contributed by atoms with Crippen LogP contribution < -0.4 is 4.74 Å². The summed E-state index contributed by atoms with van der Waals surface area (Å²) in [5.74, 6) is 0.179. The lowest BCUT2D eigenvalue weighted by Crippen LogP contribution is -2.33. The van der Waals surface area contributed by atoms with Crippen LogP contribution in [0.25, 0.3) is 0 Å². The van der Waals surface area contributed by atoms with E-state index in [-0.39, 0.29) is 15.7 Å². The van der Waals surface area contributed by atoms with Gasteiger partial charge in [0, 0.05) is 13.1 Å². The second kappa shape index (κ2) is 7.10. The molecule has 1 aliphatic rings. The zero-order chi connectivity index (χ0) is 16.3. The van der Waals surface area contributed by atoms with Crippen LogP contribution in [0.3, 0.4) is 0 Å². The highest BCUT2D eigenvalue weighted by Gasteiger charge is 2.31. The molecule has 8 heteroatoms. The Morgan fingerprint density at radius 2 is 2.09 bits per heavy atom. The van der Waals surface area contributed by atoms with Crippen molar-refractivity contribution < 1.29 is 21.9 Å². The molecule has 0 saturated heterocycles. The van der Waals surface area contributed by atoms with Crippen LogP contribution in [0.4, 0.5) is 8.78 Å². The Hall–Kier alpha value is -0.920. The maximum Gasteiger partial charge on any atom is 0.387 e. The van der Waals surface area contributed by atoms with Gasteiger partial charge in [0.2, 0.25) is 10.0 Å². The minimum absolute atomic E-state index is 0.00628. The molecule has 2 rings (SSSR count). The topological polar surface area (TPSA) is 46.6 Å². The summed E-state index contributed by atoms with van der Waals surface area (Å²) in [6, 6.07) is 3.56. The third-order valence-electron chi connectivity index (χ3n) is 3.39. The molecule has 0 unspecified atom stereocenters. The van der Waals surface area contributed by atoms with Crippen molar-refractivity contribution >= 4 is 21.6 Å². The van der Waals surface area contributed by atoms with E-state index in [4.69, 9.17) is 11.6 Å². The maximum absolute atomic E-state index is 12.6. The summed E-state index contributed by atoms with van der Waals surface area (Å²) in [6.07, 6.45) is 2.78. The zero-order valence-corrected chi connectivity index (χ0v) is 13.7. The first-order chi connectivity index (χ1) is 10.3. The van der Waals surface area contributed by atoms with E-state index >= 15 is 0 Å². The summed E-state index contributed by atoms with van der Waals surface area (Å²) < 4.78 is 55.4. The molecule has 0 N–H and O–H groups in total. The minimum Gasteiger partial charge on any atom is -0.433 e. The largest absolute Gasteiger partial charge is 0.433 e. The zero-order valence-electron chi connectivity index (χ0n) is 12.1. The molecule has 0 bridgehead atoms. The maximum atomic E-state index is 12.6. The van der Waals surface area contributed by atoms with Crippen molar-refractivity contribution in [1.82, 2.24) is 4.31 Å². The number of benzene rings is 1. The molecule has 1 aliphatic carbocycles. The first kappa shape index (κ1) is 17.4. The lowest BCUT2D eigenvalue weighted by molar-refractivity contribution is -0.0498. The van der Waals surface area contributed by atoms with Crippen molar-refractivity contribution in [3.8, 4) is 5.75 Å². The van der Waals surface area contributed by atoms with Gasteiger partial charge in [0.05, 0.1) is 9.92 Å². The van der Waals surface area contributed by atoms with E-state index in [1.165, 1.54) is 10.4 Å². The van der Waals surface area contributed by atoms with Crippen molar-refractivity contribution in [2.45, 2.75) is 37.7 Å². The van der Waals surface area contributed by atoms with Gasteiger partial charge in [-0.1, -0.05) is 18.5 Å². The Morgan fingerprint density at radius 1 is 1.41 bits per heavy atom. The second-order valence-electron chi connectivity index (χ2n) is 5.28. The third kappa shape index (κ3) is 4.30. The van der Waals surface area contributed by atoms with Crippen LogP contribution in [0.15, 0.2) is 23.1 Å². The van der Waals surface area contributed by atoms with E-state index in [0.717, 1.165) is 25.0 Å². The standard InChI is InChI=1S/C14H18ClF2NO3S/c1-2-7-18(9-10-3-4-10)22(19,20)11-5-6-13(12(15)8-11)21-14(16)17/h5-6,8,10,14H,2-4,7,9H2,1H3. The average Bonchev–Trinajstić information content (AvgIpc) is 3.24. The van der Waals surface area contributed by atoms with Gasteiger partial charge in [0.25, 0.3) is 0 Å². The molecule has 1 aromatic rings. The second-order valence-corrected chi connectivity index (χ2v) is 7.62. The van der Waals surface area contributed by atoms with Crippen LogP contribution in [-0.2, 0) is 10.0 Å². The van der Waals surface area contributed by atoms with Gasteiger partial charge in [-0.3, -0.25) is 0 Å². The molecule has 4 nitrogen and oxygen atoms in total. The SMILES string of the molecule is CCCN(CC1CC1)S(=O)(=O)c1ccc(OC(F)F)c(Cl)c1. The fraction of sp³-hybridized carbons (Fsp3) is 0.571. The Morgan fingerprint density at radius 3 is 2.59 bits per heavy atom. The van der Waals surface area contributed by atoms with Gasteiger partial charge < -0.3 is 4.74 Å². The Balaban J connectivity index is 2.24. The molecule has 1 fully saturated rings. The highest BCUT2D eigenvalue weighted by Crippen LogP contribution is 2.33. The van der Waals surface area contributed by atoms with Crippen LogP contribution in [0.1, 0.15) is 26.2 Å². The van der Waals surface area contributed by atoms with Gasteiger partial charge in [-0.2, -0.15) is 13.1 Å². The number of sulfonamides is 1. The number of nitrogens with zero attached hydrogens (tertiary/aromatic N) is 1. The molecule has 0 atom stereocenters. The summed E-state index contributed by atoms with van der Waals surface area (Å²) in [5.41, 5.74) is 0. The summed E-state index contributed by atoms with van der Waals surface area (Å²) in [5, 5.41) is -0.149. The molecule has 0 amide bonds. The number of halogens is 3. The first-order valence-electron chi connectivity index (χ1n) is 7.09. The quantitative estimate of drug-likeness (QED) is 0.715. The smallest absolute Gasteiger partial charge is 0.387 e. The van der Waals surface area contributed by atoms with Crippen molar-refractivity contribution in [3.63, 3.8) is 0 Å². The molecule has 0 heterocycles. The van der Waals surface area contributed by atoms with Crippen LogP contribution in [0.5, 0.6) is 5.75 Å². The van der Waals surface area contributed by atoms with Gasteiger partial charge in [-0.05, 0) is 43.4 Å². The highest BCUT2D eigenvalue weighted by molar-refractivity contribution is 7.89. The first-order valence-corrected chi connectivity index (χ1v) is 8.91. The van der Waals surface area contributed by atoms with Crippen molar-refractivity contribution in [1.29, 1.82) is 0 Å². The molecule has 1 aromatic carbocycles. The lowest BCUT2D eigenvalue weighted by atomic mass is 10.3. The summed E-state index contributed by atoms with van der Waals surface area (Å²) in [7, 11) is -3.68. The van der Waals surface area contributed by atoms with Gasteiger partial charge in [0.1, 0.15) is 5.75 Å². The highest BCUT2D eigenvalue weighted by atomic mass is 35.5. The Kier molecular flexibility index (Phi) is 5.63. The lowest BCUT2D eigenvalue weighted by Gasteiger charge is -2.22. The van der Waals surface area contributed by atoms with Crippen molar-refractivity contribution in [2.24, 2.45) is 5.92 Å². The molecule has 0 aliphatic heterocycles. The van der Waals surface area contributed by atoms with Crippen LogP contribution in [-0.4, -0.2) is 32.4 Å². The van der Waals surface area contributed by atoms with Crippen LogP contribution in [0, 0.1) is 5.92 Å². The molecule has 22 heavy (non-hydrogen) atoms. The monoisotopic (exact) mass is 353 g/mol. The van der Waals surface area contributed by atoms with E-state index in [2.05, 4.69) is 4.74 Å². The molecule has 1 saturated carbocycles. The van der Waals surface area contributed by atoms with Gasteiger partial charge >= 0.3 is 6.61 Å². The Labute approximate surface area is 134 Å². The van der Waals surface area contributed by atoms with E-state index in [9.17, 15) is 17.2 Å². The normalized spacial score (nSPS) is 15.5. The third-order valence-corrected chi connectivity index (χ3v) is 5.55. The van der Waals surface area contributed by atoms with Crippen molar-refractivity contribution in [3.05, 3.63) is 23.2 Å². The predicted molar refractivity (Wildman–Crippen MR) is 79.9 cm³/mol. The average molecular weight is 354 g/mol. The van der Waals surface area contributed by atoms with Gasteiger partial charge in [-0.25, -0.2) is 8.42 Å². The molecular weight excluding hydrogens is 336 g/mol. The van der Waals surface area contributed by atoms with E-state index < -0.39 is 16.6 Å². The predicted octanol–water partition coefficient (Wildman–Crippen LogP) is 3.75. The van der Waals surface area contributed by atoms with Gasteiger partial charge in [-0.15, -0.1) is 0 Å².